The van der Waals surface area contributed by atoms with E-state index in [9.17, 15) is 9.59 Å². The number of benzene rings is 1. The van der Waals surface area contributed by atoms with E-state index in [1.807, 2.05) is 19.1 Å². The molecule has 1 aromatic heterocycles. The molecular weight excluding hydrogens is 246 g/mol. The van der Waals surface area contributed by atoms with Crippen LogP contribution in [0, 0.1) is 6.92 Å². The summed E-state index contributed by atoms with van der Waals surface area (Å²) in [6.07, 6.45) is 1.49. The van der Waals surface area contributed by atoms with E-state index in [-0.39, 0.29) is 11.7 Å². The number of unbranched alkanes of at least 4 members (excludes halogenated alkanes) is 1. The summed E-state index contributed by atoms with van der Waals surface area (Å²) in [5, 5.41) is 0. The van der Waals surface area contributed by atoms with Gasteiger partial charge < -0.3 is 9.15 Å². The topological polar surface area (TPSA) is 61.4 Å². The van der Waals surface area contributed by atoms with E-state index in [1.165, 1.54) is 6.92 Å². The highest BCUT2D eigenvalue weighted by molar-refractivity contribution is 5.73. The summed E-state index contributed by atoms with van der Waals surface area (Å²) in [6, 6.07) is 5.66. The van der Waals surface area contributed by atoms with Crippen molar-refractivity contribution in [3.05, 3.63) is 34.3 Å². The van der Waals surface area contributed by atoms with Crippen molar-refractivity contribution < 1.29 is 13.9 Å². The van der Waals surface area contributed by atoms with Crippen LogP contribution >= 0.6 is 0 Å². The number of aryl methyl sites for hydroxylation is 2. The average molecular weight is 263 g/mol. The molecule has 0 atom stereocenters. The molecule has 0 unspecified atom stereocenters. The van der Waals surface area contributed by atoms with Crippen LogP contribution in [0.15, 0.2) is 27.4 Å². The Kier molecular flexibility index (Phi) is 4.04. The highest BCUT2D eigenvalue weighted by Crippen LogP contribution is 2.15. The lowest BCUT2D eigenvalue weighted by atomic mass is 10.2. The van der Waals surface area contributed by atoms with E-state index in [1.54, 1.807) is 10.6 Å². The molecule has 0 aliphatic heterocycles. The number of esters is 1. The summed E-state index contributed by atoms with van der Waals surface area (Å²) in [6.45, 7) is 4.31. The van der Waals surface area contributed by atoms with Gasteiger partial charge in [-0.2, -0.15) is 0 Å². The Bertz CT molecular complexity index is 638. The molecule has 19 heavy (non-hydrogen) atoms. The maximum Gasteiger partial charge on any atom is 0.419 e. The van der Waals surface area contributed by atoms with Crippen LogP contribution in [0.1, 0.15) is 25.3 Å². The zero-order valence-electron chi connectivity index (χ0n) is 11.1. The number of ether oxygens (including phenoxy) is 1. The van der Waals surface area contributed by atoms with Gasteiger partial charge in [0.05, 0.1) is 12.1 Å². The van der Waals surface area contributed by atoms with E-state index in [2.05, 4.69) is 0 Å². The van der Waals surface area contributed by atoms with E-state index in [0.29, 0.717) is 18.7 Å². The predicted octanol–water partition coefficient (Wildman–Crippen LogP) is 2.25. The molecule has 5 nitrogen and oxygen atoms in total. The zero-order valence-corrected chi connectivity index (χ0v) is 11.1. The van der Waals surface area contributed by atoms with Gasteiger partial charge in [-0.05, 0) is 37.5 Å². The highest BCUT2D eigenvalue weighted by Gasteiger charge is 2.08. The summed E-state index contributed by atoms with van der Waals surface area (Å²) < 4.78 is 11.6. The maximum absolute atomic E-state index is 11.7. The third-order valence-electron chi connectivity index (χ3n) is 2.90. The summed E-state index contributed by atoms with van der Waals surface area (Å²) in [4.78, 5) is 22.3. The van der Waals surface area contributed by atoms with Crippen LogP contribution in [0.4, 0.5) is 0 Å². The minimum Gasteiger partial charge on any atom is -0.466 e. The fourth-order valence-electron chi connectivity index (χ4n) is 1.97. The van der Waals surface area contributed by atoms with Gasteiger partial charge in [-0.1, -0.05) is 6.07 Å². The number of fused-ring (bicyclic) bond motifs is 1. The lowest BCUT2D eigenvalue weighted by Gasteiger charge is -2.03. The maximum atomic E-state index is 11.7. The first-order valence-corrected chi connectivity index (χ1v) is 6.31. The highest BCUT2D eigenvalue weighted by atomic mass is 16.5. The van der Waals surface area contributed by atoms with Gasteiger partial charge in [-0.3, -0.25) is 9.36 Å². The Morgan fingerprint density at radius 1 is 1.37 bits per heavy atom. The van der Waals surface area contributed by atoms with Crippen molar-refractivity contribution in [1.29, 1.82) is 0 Å². The number of rotatable bonds is 5. The minimum atomic E-state index is -0.340. The SMILES string of the molecule is CC(=O)OCCCCn1c(=O)oc2ccc(C)cc21. The summed E-state index contributed by atoms with van der Waals surface area (Å²) >= 11 is 0. The second-order valence-corrected chi connectivity index (χ2v) is 4.54. The quantitative estimate of drug-likeness (QED) is 0.613. The molecule has 102 valence electrons. The second-order valence-electron chi connectivity index (χ2n) is 4.54. The van der Waals surface area contributed by atoms with E-state index >= 15 is 0 Å². The summed E-state index contributed by atoms with van der Waals surface area (Å²) in [7, 11) is 0. The lowest BCUT2D eigenvalue weighted by molar-refractivity contribution is -0.141. The van der Waals surface area contributed by atoms with E-state index in [4.69, 9.17) is 9.15 Å². The van der Waals surface area contributed by atoms with Crippen LogP contribution in [-0.2, 0) is 16.1 Å². The Balaban J connectivity index is 2.04. The number of oxazole rings is 1. The van der Waals surface area contributed by atoms with Crippen LogP contribution in [-0.4, -0.2) is 17.1 Å². The Hall–Kier alpha value is -2.04. The minimum absolute atomic E-state index is 0.276. The van der Waals surface area contributed by atoms with Gasteiger partial charge in [0.2, 0.25) is 0 Å². The third kappa shape index (κ3) is 3.24. The molecule has 0 bridgehead atoms. The molecule has 0 amide bonds. The smallest absolute Gasteiger partial charge is 0.419 e. The van der Waals surface area contributed by atoms with Gasteiger partial charge in [0.25, 0.3) is 0 Å². The van der Waals surface area contributed by atoms with Gasteiger partial charge in [0.15, 0.2) is 5.58 Å². The molecular formula is C14H17NO4. The standard InChI is InChI=1S/C14H17NO4/c1-10-5-6-13-12(9-10)15(14(17)19-13)7-3-4-8-18-11(2)16/h5-6,9H,3-4,7-8H2,1-2H3. The molecule has 2 rings (SSSR count). The Morgan fingerprint density at radius 3 is 2.89 bits per heavy atom. The van der Waals surface area contributed by atoms with Crippen LogP contribution < -0.4 is 5.76 Å². The number of hydrogen-bond donors (Lipinski definition) is 0. The number of carbonyl (C=O) groups is 1. The first kappa shape index (κ1) is 13.4. The van der Waals surface area contributed by atoms with E-state index in [0.717, 1.165) is 23.9 Å². The number of carbonyl (C=O) groups excluding carboxylic acids is 1. The van der Waals surface area contributed by atoms with Crippen LogP contribution in [0.25, 0.3) is 11.1 Å². The molecule has 0 saturated heterocycles. The molecule has 1 aromatic carbocycles. The van der Waals surface area contributed by atoms with Crippen molar-refractivity contribution in [3.8, 4) is 0 Å². The lowest BCUT2D eigenvalue weighted by Crippen LogP contribution is -2.14. The molecule has 2 aromatic rings. The first-order valence-electron chi connectivity index (χ1n) is 6.31. The first-order chi connectivity index (χ1) is 9.08. The predicted molar refractivity (Wildman–Crippen MR) is 71.1 cm³/mol. The fraction of sp³-hybridized carbons (Fsp3) is 0.429. The molecule has 5 heteroatoms. The van der Waals surface area contributed by atoms with Crippen molar-refractivity contribution in [2.45, 2.75) is 33.2 Å². The molecule has 0 aliphatic carbocycles. The van der Waals surface area contributed by atoms with Gasteiger partial charge in [-0.25, -0.2) is 4.79 Å². The van der Waals surface area contributed by atoms with Crippen LogP contribution in [0.2, 0.25) is 0 Å². The number of hydrogen-bond acceptors (Lipinski definition) is 4. The van der Waals surface area contributed by atoms with Gasteiger partial charge >= 0.3 is 11.7 Å². The Labute approximate surface area is 110 Å². The molecule has 0 spiro atoms. The van der Waals surface area contributed by atoms with Crippen LogP contribution in [0.3, 0.4) is 0 Å². The van der Waals surface area contributed by atoms with Gasteiger partial charge in [0.1, 0.15) is 0 Å². The third-order valence-corrected chi connectivity index (χ3v) is 2.90. The second kappa shape index (κ2) is 5.73. The largest absolute Gasteiger partial charge is 0.466 e. The van der Waals surface area contributed by atoms with Crippen molar-refractivity contribution in [3.63, 3.8) is 0 Å². The normalized spacial score (nSPS) is 10.8. The molecule has 0 saturated carbocycles. The number of aromatic nitrogens is 1. The van der Waals surface area contributed by atoms with E-state index < -0.39 is 0 Å². The zero-order chi connectivity index (χ0) is 13.8. The van der Waals surface area contributed by atoms with Gasteiger partial charge in [0, 0.05) is 13.5 Å². The van der Waals surface area contributed by atoms with Crippen molar-refractivity contribution in [2.75, 3.05) is 6.61 Å². The molecule has 1 heterocycles. The summed E-state index contributed by atoms with van der Waals surface area (Å²) in [5.41, 5.74) is 2.51. The van der Waals surface area contributed by atoms with Gasteiger partial charge in [-0.15, -0.1) is 0 Å². The van der Waals surface area contributed by atoms with Crippen LogP contribution in [0.5, 0.6) is 0 Å². The molecule has 0 radical (unpaired) electrons. The monoisotopic (exact) mass is 263 g/mol. The Morgan fingerprint density at radius 2 is 2.16 bits per heavy atom. The molecule has 0 aliphatic rings. The fourth-order valence-corrected chi connectivity index (χ4v) is 1.97. The average Bonchev–Trinajstić information content (AvgIpc) is 2.65. The van der Waals surface area contributed by atoms with Crippen molar-refractivity contribution >= 4 is 17.1 Å². The van der Waals surface area contributed by atoms with Crippen molar-refractivity contribution in [2.24, 2.45) is 0 Å². The molecule has 0 fully saturated rings. The summed E-state index contributed by atoms with van der Waals surface area (Å²) in [5.74, 6) is -0.616. The molecule has 0 N–H and O–H groups in total. The number of nitrogens with zero attached hydrogens (tertiary/aromatic N) is 1. The van der Waals surface area contributed by atoms with Crippen molar-refractivity contribution in [1.82, 2.24) is 4.57 Å².